The maximum atomic E-state index is 10.8. The summed E-state index contributed by atoms with van der Waals surface area (Å²) in [6.07, 6.45) is 1.63. The van der Waals surface area contributed by atoms with Gasteiger partial charge in [0.2, 0.25) is 0 Å². The summed E-state index contributed by atoms with van der Waals surface area (Å²) in [5, 5.41) is 14.9. The van der Waals surface area contributed by atoms with Gasteiger partial charge in [0, 0.05) is 24.7 Å². The molecule has 0 N–H and O–H groups in total. The molecule has 18 heavy (non-hydrogen) atoms. The van der Waals surface area contributed by atoms with Crippen molar-refractivity contribution in [2.45, 2.75) is 0 Å². The topological polar surface area (TPSA) is 70.2 Å². The highest BCUT2D eigenvalue weighted by molar-refractivity contribution is 9.10. The van der Waals surface area contributed by atoms with Crippen molar-refractivity contribution in [1.82, 2.24) is 9.78 Å². The second kappa shape index (κ2) is 4.77. The third-order valence-electron chi connectivity index (χ3n) is 2.54. The second-order valence-electron chi connectivity index (χ2n) is 3.61. The van der Waals surface area contributed by atoms with Crippen LogP contribution in [0, 0.1) is 10.1 Å². The van der Waals surface area contributed by atoms with Gasteiger partial charge < -0.3 is 4.74 Å². The number of benzene rings is 1. The van der Waals surface area contributed by atoms with Crippen molar-refractivity contribution in [3.05, 3.63) is 39.0 Å². The van der Waals surface area contributed by atoms with Gasteiger partial charge in [0.15, 0.2) is 0 Å². The van der Waals surface area contributed by atoms with Crippen molar-refractivity contribution < 1.29 is 9.66 Å². The average Bonchev–Trinajstić information content (AvgIpc) is 2.68. The molecule has 1 heterocycles. The van der Waals surface area contributed by atoms with E-state index in [4.69, 9.17) is 4.74 Å². The minimum absolute atomic E-state index is 0.0129. The number of aromatic nitrogens is 2. The Labute approximate surface area is 111 Å². The lowest BCUT2D eigenvalue weighted by Crippen LogP contribution is -1.98. The van der Waals surface area contributed by atoms with Gasteiger partial charge >= 0.3 is 0 Å². The van der Waals surface area contributed by atoms with Gasteiger partial charge in [0.1, 0.15) is 5.75 Å². The zero-order chi connectivity index (χ0) is 13.3. The lowest BCUT2D eigenvalue weighted by atomic mass is 10.1. The third-order valence-corrected chi connectivity index (χ3v) is 3.12. The molecule has 0 bridgehead atoms. The first-order chi connectivity index (χ1) is 8.54. The fraction of sp³-hybridized carbons (Fsp3) is 0.182. The molecule has 0 aliphatic carbocycles. The molecule has 7 heteroatoms. The van der Waals surface area contributed by atoms with E-state index in [9.17, 15) is 10.1 Å². The molecule has 0 saturated heterocycles. The van der Waals surface area contributed by atoms with Crippen molar-refractivity contribution in [3.63, 3.8) is 0 Å². The molecule has 0 atom stereocenters. The molecule has 0 radical (unpaired) electrons. The van der Waals surface area contributed by atoms with Crippen LogP contribution in [-0.4, -0.2) is 21.8 Å². The Morgan fingerprint density at radius 1 is 1.50 bits per heavy atom. The summed E-state index contributed by atoms with van der Waals surface area (Å²) in [5.74, 6) is 0.560. The van der Waals surface area contributed by atoms with Crippen LogP contribution in [-0.2, 0) is 7.05 Å². The fourth-order valence-corrected chi connectivity index (χ4v) is 2.27. The average molecular weight is 312 g/mol. The number of methoxy groups -OCH3 is 1. The maximum Gasteiger partial charge on any atom is 0.270 e. The van der Waals surface area contributed by atoms with Gasteiger partial charge in [0.05, 0.1) is 28.4 Å². The van der Waals surface area contributed by atoms with Gasteiger partial charge in [-0.05, 0) is 22.0 Å². The molecular weight excluding hydrogens is 302 g/mol. The summed E-state index contributed by atoms with van der Waals surface area (Å²) in [7, 11) is 3.29. The summed E-state index contributed by atoms with van der Waals surface area (Å²) >= 11 is 3.37. The van der Waals surface area contributed by atoms with Gasteiger partial charge in [-0.3, -0.25) is 14.8 Å². The predicted octanol–water partition coefficient (Wildman–Crippen LogP) is 2.77. The molecule has 0 amide bonds. The van der Waals surface area contributed by atoms with Gasteiger partial charge in [-0.15, -0.1) is 0 Å². The number of rotatable bonds is 3. The van der Waals surface area contributed by atoms with Gasteiger partial charge in [-0.1, -0.05) is 0 Å². The summed E-state index contributed by atoms with van der Waals surface area (Å²) in [5.41, 5.74) is 1.37. The van der Waals surface area contributed by atoms with Gasteiger partial charge in [0.25, 0.3) is 5.69 Å². The molecule has 6 nitrogen and oxygen atoms in total. The normalized spacial score (nSPS) is 10.4. The number of halogens is 1. The SMILES string of the molecule is COc1ccc([N+](=O)[O-])cc1-c1c(Br)cnn1C. The van der Waals surface area contributed by atoms with E-state index in [2.05, 4.69) is 21.0 Å². The van der Waals surface area contributed by atoms with Crippen LogP contribution in [0.25, 0.3) is 11.3 Å². The highest BCUT2D eigenvalue weighted by Crippen LogP contribution is 2.36. The molecule has 0 fully saturated rings. The van der Waals surface area contributed by atoms with Crippen molar-refractivity contribution in [1.29, 1.82) is 0 Å². The predicted molar refractivity (Wildman–Crippen MR) is 69.6 cm³/mol. The molecule has 2 aromatic rings. The molecular formula is C11H10BrN3O3. The summed E-state index contributed by atoms with van der Waals surface area (Å²) in [6.45, 7) is 0. The first-order valence-corrected chi connectivity index (χ1v) is 5.84. The van der Waals surface area contributed by atoms with Crippen LogP contribution in [0.5, 0.6) is 5.75 Å². The van der Waals surface area contributed by atoms with E-state index in [0.717, 1.165) is 10.2 Å². The van der Waals surface area contributed by atoms with Gasteiger partial charge in [-0.25, -0.2) is 0 Å². The Bertz CT molecular complexity index is 590. The van der Waals surface area contributed by atoms with Crippen LogP contribution in [0.15, 0.2) is 28.9 Å². The Kier molecular flexibility index (Phi) is 3.33. The van der Waals surface area contributed by atoms with E-state index in [1.54, 1.807) is 24.0 Å². The molecule has 0 aliphatic rings. The Morgan fingerprint density at radius 3 is 2.72 bits per heavy atom. The molecule has 1 aromatic carbocycles. The number of non-ortho nitro benzene ring substituents is 1. The molecule has 94 valence electrons. The highest BCUT2D eigenvalue weighted by Gasteiger charge is 2.17. The van der Waals surface area contributed by atoms with Crippen molar-refractivity contribution in [2.75, 3.05) is 7.11 Å². The van der Waals surface area contributed by atoms with Crippen LogP contribution >= 0.6 is 15.9 Å². The van der Waals surface area contributed by atoms with E-state index in [0.29, 0.717) is 11.3 Å². The monoisotopic (exact) mass is 311 g/mol. The highest BCUT2D eigenvalue weighted by atomic mass is 79.9. The number of nitro groups is 1. The first-order valence-electron chi connectivity index (χ1n) is 5.05. The van der Waals surface area contributed by atoms with Crippen LogP contribution < -0.4 is 4.74 Å². The van der Waals surface area contributed by atoms with Gasteiger partial charge in [-0.2, -0.15) is 5.10 Å². The lowest BCUT2D eigenvalue weighted by molar-refractivity contribution is -0.384. The zero-order valence-electron chi connectivity index (χ0n) is 9.75. The Morgan fingerprint density at radius 2 is 2.22 bits per heavy atom. The van der Waals surface area contributed by atoms with E-state index >= 15 is 0 Å². The standard InChI is InChI=1S/C11H10BrN3O3/c1-14-11(9(12)6-13-14)8-5-7(15(16)17)3-4-10(8)18-2/h3-6H,1-2H3. The molecule has 0 aliphatic heterocycles. The summed E-state index contributed by atoms with van der Waals surface area (Å²) < 4.78 is 7.61. The van der Waals surface area contributed by atoms with Crippen molar-refractivity contribution in [3.8, 4) is 17.0 Å². The molecule has 2 rings (SSSR count). The summed E-state index contributed by atoms with van der Waals surface area (Å²) in [6, 6.07) is 4.46. The van der Waals surface area contributed by atoms with E-state index in [1.165, 1.54) is 19.2 Å². The van der Waals surface area contributed by atoms with Crippen molar-refractivity contribution >= 4 is 21.6 Å². The molecule has 1 aromatic heterocycles. The van der Waals surface area contributed by atoms with E-state index in [1.807, 2.05) is 0 Å². The Hall–Kier alpha value is -1.89. The van der Waals surface area contributed by atoms with Crippen LogP contribution in [0.3, 0.4) is 0 Å². The van der Waals surface area contributed by atoms with Crippen LogP contribution in [0.2, 0.25) is 0 Å². The Balaban J connectivity index is 2.68. The minimum Gasteiger partial charge on any atom is -0.496 e. The first kappa shape index (κ1) is 12.6. The number of nitrogens with zero attached hydrogens (tertiary/aromatic N) is 3. The smallest absolute Gasteiger partial charge is 0.270 e. The lowest BCUT2D eigenvalue weighted by Gasteiger charge is -2.09. The molecule has 0 unspecified atom stereocenters. The molecule has 0 saturated carbocycles. The molecule has 0 spiro atoms. The third kappa shape index (κ3) is 2.08. The van der Waals surface area contributed by atoms with Crippen LogP contribution in [0.4, 0.5) is 5.69 Å². The number of aryl methyl sites for hydroxylation is 1. The zero-order valence-corrected chi connectivity index (χ0v) is 11.3. The number of nitro benzene ring substituents is 1. The van der Waals surface area contributed by atoms with Crippen LogP contribution in [0.1, 0.15) is 0 Å². The second-order valence-corrected chi connectivity index (χ2v) is 4.46. The van der Waals surface area contributed by atoms with E-state index < -0.39 is 4.92 Å². The van der Waals surface area contributed by atoms with Crippen molar-refractivity contribution in [2.24, 2.45) is 7.05 Å². The van der Waals surface area contributed by atoms with E-state index in [-0.39, 0.29) is 5.69 Å². The number of ether oxygens (including phenoxy) is 1. The number of hydrogen-bond donors (Lipinski definition) is 0. The number of hydrogen-bond acceptors (Lipinski definition) is 4. The quantitative estimate of drug-likeness (QED) is 0.645. The maximum absolute atomic E-state index is 10.8. The largest absolute Gasteiger partial charge is 0.496 e. The fourth-order valence-electron chi connectivity index (χ4n) is 1.71. The summed E-state index contributed by atoms with van der Waals surface area (Å²) in [4.78, 5) is 10.4. The minimum atomic E-state index is -0.437.